The van der Waals surface area contributed by atoms with E-state index in [9.17, 15) is 4.79 Å². The van der Waals surface area contributed by atoms with Crippen LogP contribution in [-0.2, 0) is 4.79 Å². The molecule has 0 saturated carbocycles. The van der Waals surface area contributed by atoms with E-state index in [1.807, 2.05) is 51.1 Å². The van der Waals surface area contributed by atoms with E-state index >= 15 is 0 Å². The van der Waals surface area contributed by atoms with E-state index in [1.165, 1.54) is 0 Å². The van der Waals surface area contributed by atoms with Crippen molar-refractivity contribution < 1.29 is 4.79 Å². The van der Waals surface area contributed by atoms with Gasteiger partial charge in [-0.2, -0.15) is 0 Å². The lowest BCUT2D eigenvalue weighted by atomic mass is 9.81. The summed E-state index contributed by atoms with van der Waals surface area (Å²) < 4.78 is 0. The van der Waals surface area contributed by atoms with E-state index in [4.69, 9.17) is 0 Å². The smallest absolute Gasteiger partial charge is 0.145 e. The molecule has 1 aromatic rings. The highest BCUT2D eigenvalue weighted by Crippen LogP contribution is 2.26. The molecule has 0 amide bonds. The van der Waals surface area contributed by atoms with Gasteiger partial charge in [0.25, 0.3) is 0 Å². The number of carbonyl (C=O) groups is 1. The summed E-state index contributed by atoms with van der Waals surface area (Å²) in [6, 6.07) is 9.70. The maximum Gasteiger partial charge on any atom is 0.145 e. The molecule has 0 bridgehead atoms. The molecule has 0 aliphatic rings. The van der Waals surface area contributed by atoms with E-state index < -0.39 is 0 Å². The summed E-state index contributed by atoms with van der Waals surface area (Å²) in [5, 5.41) is 0. The molecule has 1 atom stereocenters. The van der Waals surface area contributed by atoms with Gasteiger partial charge in [-0.3, -0.25) is 4.79 Å². The SMILES string of the molecule is [CH2]C(C(=O)C(C)(C)C)c1ccccc1. The fourth-order valence-electron chi connectivity index (χ4n) is 1.36. The van der Waals surface area contributed by atoms with Crippen LogP contribution in [0.25, 0.3) is 0 Å². The van der Waals surface area contributed by atoms with Crippen molar-refractivity contribution in [1.29, 1.82) is 0 Å². The van der Waals surface area contributed by atoms with Crippen LogP contribution >= 0.6 is 0 Å². The van der Waals surface area contributed by atoms with Gasteiger partial charge in [0.1, 0.15) is 5.78 Å². The summed E-state index contributed by atoms with van der Waals surface area (Å²) in [4.78, 5) is 11.9. The van der Waals surface area contributed by atoms with Gasteiger partial charge in [0.2, 0.25) is 0 Å². The van der Waals surface area contributed by atoms with Crippen LogP contribution in [0.4, 0.5) is 0 Å². The van der Waals surface area contributed by atoms with Crippen molar-refractivity contribution in [2.75, 3.05) is 0 Å². The average Bonchev–Trinajstić information content (AvgIpc) is 2.15. The Balaban J connectivity index is 2.87. The van der Waals surface area contributed by atoms with Crippen LogP contribution in [0.3, 0.4) is 0 Å². The van der Waals surface area contributed by atoms with Gasteiger partial charge in [-0.05, 0) is 12.5 Å². The van der Waals surface area contributed by atoms with Crippen molar-refractivity contribution in [1.82, 2.24) is 0 Å². The largest absolute Gasteiger partial charge is 0.298 e. The first-order chi connectivity index (χ1) is 6.43. The molecule has 0 aliphatic carbocycles. The molecule has 0 spiro atoms. The zero-order chi connectivity index (χ0) is 10.8. The quantitative estimate of drug-likeness (QED) is 0.698. The van der Waals surface area contributed by atoms with Crippen LogP contribution in [0.2, 0.25) is 0 Å². The van der Waals surface area contributed by atoms with E-state index in [2.05, 4.69) is 6.92 Å². The molecule has 1 rings (SSSR count). The third-order valence-corrected chi connectivity index (χ3v) is 2.26. The lowest BCUT2D eigenvalue weighted by molar-refractivity contribution is -0.126. The minimum absolute atomic E-state index is 0.184. The van der Waals surface area contributed by atoms with Crippen molar-refractivity contribution in [3.8, 4) is 0 Å². The predicted molar refractivity (Wildman–Crippen MR) is 59.0 cm³/mol. The van der Waals surface area contributed by atoms with Gasteiger partial charge in [0, 0.05) is 11.3 Å². The lowest BCUT2D eigenvalue weighted by Gasteiger charge is -2.21. The lowest BCUT2D eigenvalue weighted by Crippen LogP contribution is -2.25. The van der Waals surface area contributed by atoms with Gasteiger partial charge in [-0.15, -0.1) is 0 Å². The zero-order valence-corrected chi connectivity index (χ0v) is 9.08. The normalized spacial score (nSPS) is 13.7. The third kappa shape index (κ3) is 2.44. The van der Waals surface area contributed by atoms with Gasteiger partial charge in [0.15, 0.2) is 0 Å². The molecule has 75 valence electrons. The second kappa shape index (κ2) is 3.95. The molecule has 1 radical (unpaired) electrons. The minimum Gasteiger partial charge on any atom is -0.298 e. The van der Waals surface area contributed by atoms with Crippen molar-refractivity contribution in [2.24, 2.45) is 5.41 Å². The Morgan fingerprint density at radius 3 is 2.14 bits per heavy atom. The first kappa shape index (κ1) is 11.0. The molecule has 1 heteroatoms. The average molecular weight is 189 g/mol. The number of hydrogen-bond acceptors (Lipinski definition) is 1. The monoisotopic (exact) mass is 189 g/mol. The number of benzene rings is 1. The summed E-state index contributed by atoms with van der Waals surface area (Å²) >= 11 is 0. The molecule has 0 aromatic heterocycles. The van der Waals surface area contributed by atoms with Gasteiger partial charge < -0.3 is 0 Å². The third-order valence-electron chi connectivity index (χ3n) is 2.26. The molecular weight excluding hydrogens is 172 g/mol. The first-order valence-corrected chi connectivity index (χ1v) is 4.85. The highest BCUT2D eigenvalue weighted by Gasteiger charge is 2.27. The zero-order valence-electron chi connectivity index (χ0n) is 9.08. The Labute approximate surface area is 86.1 Å². The van der Waals surface area contributed by atoms with Gasteiger partial charge in [-0.1, -0.05) is 51.1 Å². The minimum atomic E-state index is -0.317. The Bertz CT molecular complexity index is 306. The van der Waals surface area contributed by atoms with E-state index in [0.29, 0.717) is 0 Å². The summed E-state index contributed by atoms with van der Waals surface area (Å²) in [6.07, 6.45) is 0. The highest BCUT2D eigenvalue weighted by atomic mass is 16.1. The summed E-state index contributed by atoms with van der Waals surface area (Å²) in [5.74, 6) is -0.0695. The summed E-state index contributed by atoms with van der Waals surface area (Å²) in [6.45, 7) is 9.71. The van der Waals surface area contributed by atoms with Crippen molar-refractivity contribution >= 4 is 5.78 Å². The topological polar surface area (TPSA) is 17.1 Å². The fraction of sp³-hybridized carbons (Fsp3) is 0.385. The Morgan fingerprint density at radius 1 is 1.21 bits per heavy atom. The van der Waals surface area contributed by atoms with Crippen LogP contribution in [0, 0.1) is 12.3 Å². The standard InChI is InChI=1S/C13H17O/c1-10(12(14)13(2,3)4)11-8-6-5-7-9-11/h5-10H,1H2,2-4H3. The van der Waals surface area contributed by atoms with Crippen LogP contribution in [0.15, 0.2) is 30.3 Å². The second-order valence-electron chi connectivity index (χ2n) is 4.58. The molecule has 1 aromatic carbocycles. The number of carbonyl (C=O) groups excluding carboxylic acids is 1. The van der Waals surface area contributed by atoms with Crippen LogP contribution in [-0.4, -0.2) is 5.78 Å². The second-order valence-corrected chi connectivity index (χ2v) is 4.58. The molecule has 0 aliphatic heterocycles. The highest BCUT2D eigenvalue weighted by molar-refractivity contribution is 5.90. The maximum absolute atomic E-state index is 11.9. The molecule has 1 nitrogen and oxygen atoms in total. The Hall–Kier alpha value is -1.11. The van der Waals surface area contributed by atoms with E-state index in [0.717, 1.165) is 5.56 Å². The van der Waals surface area contributed by atoms with Crippen molar-refractivity contribution in [3.05, 3.63) is 42.8 Å². The Morgan fingerprint density at radius 2 is 1.71 bits per heavy atom. The molecule has 0 saturated heterocycles. The van der Waals surface area contributed by atoms with Crippen molar-refractivity contribution in [3.63, 3.8) is 0 Å². The fourth-order valence-corrected chi connectivity index (χ4v) is 1.36. The number of Topliss-reactive ketones (excluding diaryl/α,β-unsaturated/α-hetero) is 1. The number of ketones is 1. The Kier molecular flexibility index (Phi) is 3.10. The predicted octanol–water partition coefficient (Wildman–Crippen LogP) is 3.22. The molecule has 14 heavy (non-hydrogen) atoms. The molecular formula is C13H17O. The van der Waals surface area contributed by atoms with Crippen LogP contribution < -0.4 is 0 Å². The summed E-state index contributed by atoms with van der Waals surface area (Å²) in [5.41, 5.74) is 0.676. The van der Waals surface area contributed by atoms with E-state index in [1.54, 1.807) is 0 Å². The maximum atomic E-state index is 11.9. The number of rotatable bonds is 2. The molecule has 0 fully saturated rings. The number of hydrogen-bond donors (Lipinski definition) is 0. The van der Waals surface area contributed by atoms with Gasteiger partial charge >= 0.3 is 0 Å². The molecule has 0 N–H and O–H groups in total. The first-order valence-electron chi connectivity index (χ1n) is 4.85. The van der Waals surface area contributed by atoms with Crippen LogP contribution in [0.5, 0.6) is 0 Å². The summed E-state index contributed by atoms with van der Waals surface area (Å²) in [7, 11) is 0. The molecule has 0 heterocycles. The molecule has 1 unspecified atom stereocenters. The van der Waals surface area contributed by atoms with E-state index in [-0.39, 0.29) is 17.1 Å². The van der Waals surface area contributed by atoms with Gasteiger partial charge in [-0.25, -0.2) is 0 Å². The van der Waals surface area contributed by atoms with Crippen LogP contribution in [0.1, 0.15) is 32.3 Å². The van der Waals surface area contributed by atoms with Gasteiger partial charge in [0.05, 0.1) is 0 Å². The van der Waals surface area contributed by atoms with Crippen molar-refractivity contribution in [2.45, 2.75) is 26.7 Å².